The van der Waals surface area contributed by atoms with E-state index < -0.39 is 0 Å². The number of nitrogens with two attached hydrogens (primary N) is 1. The zero-order valence-corrected chi connectivity index (χ0v) is 39.1. The number of aryl methyl sites for hydroxylation is 1. The number of aliphatic imine (C=N–C) groups is 2. The second-order valence-electron chi connectivity index (χ2n) is 16.8. The molecule has 4 amide bonds. The third-order valence-corrected chi connectivity index (χ3v) is 11.5. The van der Waals surface area contributed by atoms with Gasteiger partial charge < -0.3 is 49.3 Å². The van der Waals surface area contributed by atoms with E-state index in [0.29, 0.717) is 104 Å². The number of fused-ring (bicyclic) bond motifs is 4. The van der Waals surface area contributed by atoms with E-state index in [1.54, 1.807) is 34.2 Å². The highest BCUT2D eigenvalue weighted by Crippen LogP contribution is 2.39. The Morgan fingerprint density at radius 3 is 1.90 bits per heavy atom. The standard InChI is InChI=1S/C51H59N7O11/c1-33-18-39-27-54-43-25-45(35(3)20-41(43)50(61)57(39)29-33)67-31-37-21-36(6-5-10-53-48(59)8-11-64-12-13-65-14-15-66-16-17-69-56-49(60)7-9-52)22-38(23-37)32-68-47-26-44-42(24-46(47)63-4)51(62)58-30-34(2)19-40(58)28-55-44/h20-28,39-40H,1-2,7-19,29-32,52H2,3-4H3,(H,53,59)(H,56,60)/t39-,40-/m0/s1. The molecule has 2 fully saturated rings. The van der Waals surface area contributed by atoms with Crippen LogP contribution in [0.3, 0.4) is 0 Å². The maximum absolute atomic E-state index is 13.5. The molecule has 0 saturated carbocycles. The highest BCUT2D eigenvalue weighted by molar-refractivity contribution is 6.04. The third-order valence-electron chi connectivity index (χ3n) is 11.5. The first-order valence-electron chi connectivity index (χ1n) is 22.9. The lowest BCUT2D eigenvalue weighted by atomic mass is 10.1. The number of rotatable bonds is 23. The van der Waals surface area contributed by atoms with E-state index in [0.717, 1.165) is 27.8 Å². The molecule has 3 aromatic rings. The zero-order chi connectivity index (χ0) is 48.7. The monoisotopic (exact) mass is 945 g/mol. The van der Waals surface area contributed by atoms with Gasteiger partial charge in [0.25, 0.3) is 11.8 Å². The van der Waals surface area contributed by atoms with Gasteiger partial charge in [-0.2, -0.15) is 0 Å². The summed E-state index contributed by atoms with van der Waals surface area (Å²) in [6.07, 6.45) is 5.30. The Morgan fingerprint density at radius 2 is 1.29 bits per heavy atom. The smallest absolute Gasteiger partial charge is 0.257 e. The Hall–Kier alpha value is -6.88. The fourth-order valence-corrected chi connectivity index (χ4v) is 8.04. The van der Waals surface area contributed by atoms with Crippen LogP contribution in [0, 0.1) is 18.8 Å². The number of nitrogens with zero attached hydrogens (tertiary/aromatic N) is 4. The SMILES string of the molecule is C=C1C[C@H]2C=Nc3cc(OCc4cc(C#CCNC(=O)CCOCCOCCOCCONC(=O)CCN)cc(COc5cc6c(cc5OC)C(=O)N5CC(=C)C[C@H]5C=N6)c4)c(C)cc3C(=O)N2C1. The van der Waals surface area contributed by atoms with Crippen LogP contribution in [0.15, 0.2) is 76.8 Å². The molecule has 0 spiro atoms. The Kier molecular flexibility index (Phi) is 17.7. The van der Waals surface area contributed by atoms with Crippen LogP contribution in [0.2, 0.25) is 0 Å². The van der Waals surface area contributed by atoms with E-state index in [9.17, 15) is 19.2 Å². The van der Waals surface area contributed by atoms with Gasteiger partial charge in [-0.15, -0.1) is 0 Å². The molecule has 4 N–H and O–H groups in total. The van der Waals surface area contributed by atoms with Crippen molar-refractivity contribution in [1.29, 1.82) is 0 Å². The molecule has 0 bridgehead atoms. The van der Waals surface area contributed by atoms with Crippen LogP contribution in [-0.2, 0) is 41.9 Å². The number of benzene rings is 3. The van der Waals surface area contributed by atoms with Gasteiger partial charge >= 0.3 is 0 Å². The van der Waals surface area contributed by atoms with Crippen LogP contribution in [-0.4, -0.2) is 137 Å². The summed E-state index contributed by atoms with van der Waals surface area (Å²) >= 11 is 0. The van der Waals surface area contributed by atoms with Crippen molar-refractivity contribution >= 4 is 47.4 Å². The van der Waals surface area contributed by atoms with Crippen molar-refractivity contribution in [2.75, 3.05) is 79.5 Å². The van der Waals surface area contributed by atoms with Gasteiger partial charge in [-0.3, -0.25) is 34.0 Å². The van der Waals surface area contributed by atoms with Crippen molar-refractivity contribution in [3.8, 4) is 29.1 Å². The van der Waals surface area contributed by atoms with Crippen molar-refractivity contribution in [2.45, 2.75) is 57.9 Å². The van der Waals surface area contributed by atoms with Crippen LogP contribution >= 0.6 is 0 Å². The average Bonchev–Trinajstić information content (AvgIpc) is 3.85. The zero-order valence-electron chi connectivity index (χ0n) is 39.1. The molecule has 2 saturated heterocycles. The van der Waals surface area contributed by atoms with Crippen LogP contribution in [0.25, 0.3) is 0 Å². The maximum Gasteiger partial charge on any atom is 0.257 e. The molecule has 2 atom stereocenters. The lowest BCUT2D eigenvalue weighted by Crippen LogP contribution is -2.35. The van der Waals surface area contributed by atoms with Crippen molar-refractivity contribution < 1.29 is 52.4 Å². The fourth-order valence-electron chi connectivity index (χ4n) is 8.04. The second kappa shape index (κ2) is 24.4. The fraction of sp³-hybridized carbons (Fsp3) is 0.412. The lowest BCUT2D eigenvalue weighted by Gasteiger charge is -2.20. The summed E-state index contributed by atoms with van der Waals surface area (Å²) in [4.78, 5) is 68.8. The minimum Gasteiger partial charge on any atom is -0.493 e. The number of amides is 4. The summed E-state index contributed by atoms with van der Waals surface area (Å²) in [5.74, 6) is 6.89. The molecular formula is C51H59N7O11. The van der Waals surface area contributed by atoms with E-state index >= 15 is 0 Å². The topological polar surface area (TPSA) is 214 Å². The van der Waals surface area contributed by atoms with E-state index in [-0.39, 0.29) is 88.1 Å². The summed E-state index contributed by atoms with van der Waals surface area (Å²) in [6, 6.07) is 12.5. The number of hydrogen-bond donors (Lipinski definition) is 3. The molecular weight excluding hydrogens is 887 g/mol. The normalized spacial score (nSPS) is 16.7. The second-order valence-corrected chi connectivity index (χ2v) is 16.8. The summed E-state index contributed by atoms with van der Waals surface area (Å²) in [5.41, 5.74) is 14.6. The molecule has 18 heteroatoms. The Morgan fingerprint density at radius 1 is 0.725 bits per heavy atom. The van der Waals surface area contributed by atoms with E-state index in [1.807, 2.05) is 37.4 Å². The van der Waals surface area contributed by atoms with Crippen LogP contribution in [0.5, 0.6) is 17.2 Å². The van der Waals surface area contributed by atoms with Crippen molar-refractivity contribution in [1.82, 2.24) is 20.6 Å². The largest absolute Gasteiger partial charge is 0.493 e. The van der Waals surface area contributed by atoms with E-state index in [1.165, 1.54) is 7.11 Å². The maximum atomic E-state index is 13.5. The molecule has 0 radical (unpaired) electrons. The summed E-state index contributed by atoms with van der Waals surface area (Å²) in [5, 5.41) is 2.81. The molecule has 18 nitrogen and oxygen atoms in total. The van der Waals surface area contributed by atoms with Crippen LogP contribution in [0.4, 0.5) is 11.4 Å². The van der Waals surface area contributed by atoms with Crippen molar-refractivity contribution in [2.24, 2.45) is 15.7 Å². The van der Waals surface area contributed by atoms with Gasteiger partial charge in [-0.25, -0.2) is 5.48 Å². The van der Waals surface area contributed by atoms with Crippen LogP contribution < -0.4 is 30.7 Å². The number of carbonyl (C=O) groups is 4. The molecule has 4 aliphatic heterocycles. The summed E-state index contributed by atoms with van der Waals surface area (Å²) in [6.45, 7) is 13.7. The lowest BCUT2D eigenvalue weighted by molar-refractivity contribution is -0.134. The minimum atomic E-state index is -0.282. The molecule has 4 aliphatic rings. The molecule has 364 valence electrons. The number of carbonyl (C=O) groups excluding carboxylic acids is 4. The Bertz CT molecular complexity index is 2550. The molecule has 0 aliphatic carbocycles. The summed E-state index contributed by atoms with van der Waals surface area (Å²) < 4.78 is 34.8. The number of hydrogen-bond acceptors (Lipinski definition) is 14. The quantitative estimate of drug-likeness (QED) is 0.0521. The minimum absolute atomic E-state index is 0.0781. The molecule has 4 heterocycles. The summed E-state index contributed by atoms with van der Waals surface area (Å²) in [7, 11) is 1.52. The highest BCUT2D eigenvalue weighted by Gasteiger charge is 2.35. The van der Waals surface area contributed by atoms with E-state index in [2.05, 4.69) is 45.8 Å². The van der Waals surface area contributed by atoms with Gasteiger partial charge in [0.1, 0.15) is 19.0 Å². The molecule has 69 heavy (non-hydrogen) atoms. The molecule has 3 aromatic carbocycles. The van der Waals surface area contributed by atoms with Gasteiger partial charge in [0.05, 0.1) is 94.5 Å². The van der Waals surface area contributed by atoms with Gasteiger partial charge in [0.15, 0.2) is 11.5 Å². The van der Waals surface area contributed by atoms with Gasteiger partial charge in [0.2, 0.25) is 11.8 Å². The van der Waals surface area contributed by atoms with E-state index in [4.69, 9.17) is 39.0 Å². The first-order valence-corrected chi connectivity index (χ1v) is 22.9. The first-order chi connectivity index (χ1) is 33.5. The third kappa shape index (κ3) is 13.6. The van der Waals surface area contributed by atoms with Crippen molar-refractivity contribution in [3.05, 3.63) is 100 Å². The number of nitrogens with one attached hydrogen (secondary N) is 2. The highest BCUT2D eigenvalue weighted by atomic mass is 16.7. The van der Waals surface area contributed by atoms with Gasteiger partial charge in [0, 0.05) is 62.6 Å². The van der Waals surface area contributed by atoms with Gasteiger partial charge in [-0.1, -0.05) is 36.1 Å². The van der Waals surface area contributed by atoms with Crippen LogP contribution in [0.1, 0.15) is 68.7 Å². The number of hydroxylamine groups is 1. The Balaban J connectivity index is 0.947. The molecule has 0 aromatic heterocycles. The first kappa shape index (κ1) is 50.0. The predicted octanol–water partition coefficient (Wildman–Crippen LogP) is 4.44. The molecule has 0 unspecified atom stereocenters. The predicted molar refractivity (Wildman–Crippen MR) is 257 cm³/mol. The number of ether oxygens (including phenoxy) is 6. The average molecular weight is 946 g/mol. The van der Waals surface area contributed by atoms with Crippen molar-refractivity contribution in [3.63, 3.8) is 0 Å². The number of methoxy groups -OCH3 is 1. The molecule has 7 rings (SSSR count). The van der Waals surface area contributed by atoms with Gasteiger partial charge in [-0.05, 0) is 66.8 Å². The Labute approximate surface area is 401 Å².